The van der Waals surface area contributed by atoms with Crippen molar-refractivity contribution in [2.24, 2.45) is 0 Å². The van der Waals surface area contributed by atoms with Crippen molar-refractivity contribution in [2.45, 2.75) is 11.5 Å². The highest BCUT2D eigenvalue weighted by molar-refractivity contribution is 7.92. The number of carbonyl (C=O) groups excluding carboxylic acids is 1. The first-order chi connectivity index (χ1) is 16.2. The minimum absolute atomic E-state index is 0.00489. The van der Waals surface area contributed by atoms with Gasteiger partial charge < -0.3 is 19.5 Å². The second kappa shape index (κ2) is 9.74. The molecule has 178 valence electrons. The number of sulfonamides is 1. The summed E-state index contributed by atoms with van der Waals surface area (Å²) in [4.78, 5) is 12.5. The molecule has 34 heavy (non-hydrogen) atoms. The molecule has 1 amide bonds. The van der Waals surface area contributed by atoms with Gasteiger partial charge in [0, 0.05) is 23.0 Å². The second-order valence-corrected chi connectivity index (χ2v) is 9.06. The number of amides is 1. The first-order valence-electron chi connectivity index (χ1n) is 9.79. The number of anilines is 2. The van der Waals surface area contributed by atoms with E-state index in [1.807, 2.05) is 0 Å². The Bertz CT molecular complexity index is 1320. The number of hydrogen-bond donors (Lipinski definition) is 2. The molecule has 1 aliphatic heterocycles. The van der Waals surface area contributed by atoms with Crippen molar-refractivity contribution in [3.05, 3.63) is 71.2 Å². The van der Waals surface area contributed by atoms with Gasteiger partial charge in [-0.05, 0) is 54.6 Å². The minimum atomic E-state index is -3.91. The van der Waals surface area contributed by atoms with Crippen LogP contribution in [0.1, 0.15) is 10.4 Å². The molecule has 0 saturated carbocycles. The summed E-state index contributed by atoms with van der Waals surface area (Å²) in [5.74, 6) is 0.0808. The first kappa shape index (κ1) is 23.6. The maximum Gasteiger partial charge on any atom is 0.387 e. The highest BCUT2D eigenvalue weighted by Crippen LogP contribution is 2.33. The molecule has 0 radical (unpaired) electrons. The average molecular weight is 511 g/mol. The summed E-state index contributed by atoms with van der Waals surface area (Å²) >= 11 is 5.89. The van der Waals surface area contributed by atoms with Crippen molar-refractivity contribution in [3.8, 4) is 17.2 Å². The molecule has 12 heteroatoms. The monoisotopic (exact) mass is 510 g/mol. The number of benzene rings is 3. The Labute approximate surface area is 198 Å². The van der Waals surface area contributed by atoms with Crippen molar-refractivity contribution >= 4 is 38.9 Å². The molecular formula is C22H17ClF2N2O6S. The summed E-state index contributed by atoms with van der Waals surface area (Å²) < 4.78 is 67.6. The lowest BCUT2D eigenvalue weighted by molar-refractivity contribution is -0.0497. The minimum Gasteiger partial charge on any atom is -0.486 e. The lowest BCUT2D eigenvalue weighted by atomic mass is 10.2. The molecule has 2 N–H and O–H groups in total. The van der Waals surface area contributed by atoms with Crippen LogP contribution in [0.4, 0.5) is 20.2 Å². The molecule has 1 aliphatic rings. The number of carbonyl (C=O) groups is 1. The number of fused-ring (bicyclic) bond motifs is 1. The van der Waals surface area contributed by atoms with Gasteiger partial charge in [-0.1, -0.05) is 11.6 Å². The number of alkyl halides is 2. The summed E-state index contributed by atoms with van der Waals surface area (Å²) in [6, 6.07) is 13.8. The van der Waals surface area contributed by atoms with Crippen molar-refractivity contribution in [3.63, 3.8) is 0 Å². The van der Waals surface area contributed by atoms with Gasteiger partial charge in [0.25, 0.3) is 15.9 Å². The van der Waals surface area contributed by atoms with Crippen LogP contribution < -0.4 is 24.2 Å². The SMILES string of the molecule is O=C(Nc1ccc(OC(F)F)c(Cl)c1)c1ccc(NS(=O)(=O)c2ccc3c(c2)OCCO3)cc1. The van der Waals surface area contributed by atoms with E-state index in [1.54, 1.807) is 0 Å². The topological polar surface area (TPSA) is 103 Å². The van der Waals surface area contributed by atoms with Gasteiger partial charge in [0.15, 0.2) is 11.5 Å². The summed E-state index contributed by atoms with van der Waals surface area (Å²) in [7, 11) is -3.91. The maximum atomic E-state index is 12.7. The Balaban J connectivity index is 1.42. The van der Waals surface area contributed by atoms with Gasteiger partial charge in [0.05, 0.1) is 9.92 Å². The van der Waals surface area contributed by atoms with E-state index in [4.69, 9.17) is 21.1 Å². The number of rotatable bonds is 7. The van der Waals surface area contributed by atoms with Crippen molar-refractivity contribution in [1.29, 1.82) is 0 Å². The molecule has 0 saturated heterocycles. The van der Waals surface area contributed by atoms with Gasteiger partial charge in [-0.3, -0.25) is 9.52 Å². The molecule has 3 aromatic rings. The molecule has 0 fully saturated rings. The number of ether oxygens (including phenoxy) is 3. The van der Waals surface area contributed by atoms with E-state index in [0.29, 0.717) is 24.7 Å². The third kappa shape index (κ3) is 5.49. The average Bonchev–Trinajstić information content (AvgIpc) is 2.80. The lowest BCUT2D eigenvalue weighted by Crippen LogP contribution is -2.17. The zero-order valence-corrected chi connectivity index (χ0v) is 18.8. The molecule has 1 heterocycles. The number of hydrogen-bond acceptors (Lipinski definition) is 6. The van der Waals surface area contributed by atoms with E-state index >= 15 is 0 Å². The molecule has 0 aliphatic carbocycles. The van der Waals surface area contributed by atoms with Gasteiger partial charge in [-0.2, -0.15) is 8.78 Å². The quantitative estimate of drug-likeness (QED) is 0.475. The maximum absolute atomic E-state index is 12.7. The fraction of sp³-hybridized carbons (Fsp3) is 0.136. The predicted octanol–water partition coefficient (Wildman–Crippen LogP) is 4.77. The smallest absolute Gasteiger partial charge is 0.387 e. The van der Waals surface area contributed by atoms with Crippen LogP contribution >= 0.6 is 11.6 Å². The zero-order chi connectivity index (χ0) is 24.3. The molecule has 3 aromatic carbocycles. The van der Waals surface area contributed by atoms with Gasteiger partial charge in [-0.25, -0.2) is 8.42 Å². The molecular weight excluding hydrogens is 494 g/mol. The Morgan fingerprint density at radius 3 is 2.29 bits per heavy atom. The van der Waals surface area contributed by atoms with Crippen molar-refractivity contribution in [1.82, 2.24) is 0 Å². The Morgan fingerprint density at radius 2 is 1.62 bits per heavy atom. The van der Waals surface area contributed by atoms with Crippen LogP contribution in [0.2, 0.25) is 5.02 Å². The predicted molar refractivity (Wildman–Crippen MR) is 121 cm³/mol. The summed E-state index contributed by atoms with van der Waals surface area (Å²) in [6.45, 7) is -2.31. The lowest BCUT2D eigenvalue weighted by Gasteiger charge is -2.19. The van der Waals surface area contributed by atoms with Crippen LogP contribution in [0.5, 0.6) is 17.2 Å². The highest BCUT2D eigenvalue weighted by atomic mass is 35.5. The van der Waals surface area contributed by atoms with E-state index < -0.39 is 22.5 Å². The Morgan fingerprint density at radius 1 is 0.941 bits per heavy atom. The molecule has 0 spiro atoms. The second-order valence-electron chi connectivity index (χ2n) is 6.97. The third-order valence-electron chi connectivity index (χ3n) is 4.63. The highest BCUT2D eigenvalue weighted by Gasteiger charge is 2.20. The van der Waals surface area contributed by atoms with E-state index in [0.717, 1.165) is 0 Å². The fourth-order valence-corrected chi connectivity index (χ4v) is 4.37. The van der Waals surface area contributed by atoms with Crippen LogP contribution in [0, 0.1) is 0 Å². The summed E-state index contributed by atoms with van der Waals surface area (Å²) in [5.41, 5.74) is 0.731. The van der Waals surface area contributed by atoms with Gasteiger partial charge in [0.2, 0.25) is 0 Å². The molecule has 0 aromatic heterocycles. The molecule has 8 nitrogen and oxygen atoms in total. The fourth-order valence-electron chi connectivity index (χ4n) is 3.07. The summed E-state index contributed by atoms with van der Waals surface area (Å²) in [6.07, 6.45) is 0. The van der Waals surface area contributed by atoms with Crippen molar-refractivity contribution in [2.75, 3.05) is 23.3 Å². The largest absolute Gasteiger partial charge is 0.486 e. The van der Waals surface area contributed by atoms with Gasteiger partial charge >= 0.3 is 6.61 Å². The summed E-state index contributed by atoms with van der Waals surface area (Å²) in [5, 5.41) is 2.48. The number of nitrogens with one attached hydrogen (secondary N) is 2. The van der Waals surface area contributed by atoms with E-state index in [1.165, 1.54) is 60.7 Å². The molecule has 4 rings (SSSR count). The van der Waals surface area contributed by atoms with Crippen LogP contribution in [0.3, 0.4) is 0 Å². The molecule has 0 atom stereocenters. The van der Waals surface area contributed by atoms with Crippen LogP contribution in [0.15, 0.2) is 65.6 Å². The van der Waals surface area contributed by atoms with Gasteiger partial charge in [0.1, 0.15) is 19.0 Å². The van der Waals surface area contributed by atoms with E-state index in [2.05, 4.69) is 14.8 Å². The third-order valence-corrected chi connectivity index (χ3v) is 6.30. The van der Waals surface area contributed by atoms with Crippen LogP contribution in [0.25, 0.3) is 0 Å². The van der Waals surface area contributed by atoms with Crippen LogP contribution in [-0.2, 0) is 10.0 Å². The Kier molecular flexibility index (Phi) is 6.75. The standard InChI is InChI=1S/C22H17ClF2N2O6S/c23-17-11-15(5-7-18(17)33-22(24)25)26-21(28)13-1-3-14(4-2-13)27-34(29,30)16-6-8-19-20(12-16)32-10-9-31-19/h1-8,11-12,22,27H,9-10H2,(H,26,28). The normalized spacial score (nSPS) is 12.8. The van der Waals surface area contributed by atoms with E-state index in [-0.39, 0.29) is 32.6 Å². The number of halogens is 3. The van der Waals surface area contributed by atoms with Crippen molar-refractivity contribution < 1.29 is 36.2 Å². The first-order valence-corrected chi connectivity index (χ1v) is 11.7. The molecule has 0 bridgehead atoms. The Hall–Kier alpha value is -3.57. The van der Waals surface area contributed by atoms with Crippen LogP contribution in [-0.4, -0.2) is 34.2 Å². The van der Waals surface area contributed by atoms with E-state index in [9.17, 15) is 22.0 Å². The zero-order valence-electron chi connectivity index (χ0n) is 17.3. The molecule has 0 unspecified atom stereocenters. The van der Waals surface area contributed by atoms with Gasteiger partial charge in [-0.15, -0.1) is 0 Å².